The van der Waals surface area contributed by atoms with E-state index in [0.29, 0.717) is 32.2 Å². The van der Waals surface area contributed by atoms with Crippen molar-refractivity contribution in [2.75, 3.05) is 26.3 Å². The number of hydrogen-bond donors (Lipinski definition) is 2. The number of halogens is 1. The van der Waals surface area contributed by atoms with Crippen molar-refractivity contribution in [3.8, 4) is 0 Å². The molecule has 0 saturated heterocycles. The third-order valence-corrected chi connectivity index (χ3v) is 6.37. The van der Waals surface area contributed by atoms with Gasteiger partial charge < -0.3 is 20.1 Å². The molecule has 8 heteroatoms. The summed E-state index contributed by atoms with van der Waals surface area (Å²) in [4.78, 5) is 40.2. The molecule has 2 atom stereocenters. The average Bonchev–Trinajstić information content (AvgIpc) is 2.91. The quantitative estimate of drug-likeness (QED) is 0.419. The second kappa shape index (κ2) is 14.9. The lowest BCUT2D eigenvalue weighted by Gasteiger charge is -2.24. The normalized spacial score (nSPS) is 19.9. The van der Waals surface area contributed by atoms with Crippen molar-refractivity contribution < 1.29 is 28.6 Å². The van der Waals surface area contributed by atoms with Crippen LogP contribution < -0.4 is 5.32 Å². The minimum Gasteiger partial charge on any atom is -0.464 e. The summed E-state index contributed by atoms with van der Waals surface area (Å²) in [7, 11) is 0. The van der Waals surface area contributed by atoms with Crippen molar-refractivity contribution in [2.24, 2.45) is 11.8 Å². The number of carbonyl (C=O) groups excluding carboxylic acids is 3. The zero-order valence-electron chi connectivity index (χ0n) is 21.0. The topological polar surface area (TPSA) is 95.9 Å². The SMILES string of the molecule is O=C1NCCOC(=O)[C@@H](Cc2ccc(F)cc2)CC/C=C/C[C@H]1CC(=O)N(CCO)Cc1ccccc1. The van der Waals surface area contributed by atoms with Gasteiger partial charge in [-0.1, -0.05) is 54.6 Å². The molecule has 1 heterocycles. The number of cyclic esters (lactones) is 1. The maximum absolute atomic E-state index is 13.2. The largest absolute Gasteiger partial charge is 0.464 e. The lowest BCUT2D eigenvalue weighted by Crippen LogP contribution is -2.39. The zero-order valence-corrected chi connectivity index (χ0v) is 21.0. The Morgan fingerprint density at radius 1 is 1.03 bits per heavy atom. The fourth-order valence-electron chi connectivity index (χ4n) is 4.31. The first-order valence-corrected chi connectivity index (χ1v) is 12.7. The van der Waals surface area contributed by atoms with Crippen LogP contribution in [0.1, 0.15) is 36.8 Å². The number of rotatable bonds is 8. The molecule has 0 aromatic heterocycles. The summed E-state index contributed by atoms with van der Waals surface area (Å²) in [5, 5.41) is 12.2. The number of hydrogen-bond acceptors (Lipinski definition) is 5. The standard InChI is InChI=1S/C29H35FN2O5/c30-26-13-11-22(12-14-26)19-25-10-6-2-5-9-24(28(35)31-15-18-37-29(25)36)20-27(34)32(16-17-33)21-23-7-3-1-4-8-23/h1-5,7-8,11-14,24-25,33H,6,9-10,15-21H2,(H,31,35)/b5-2+/t24-,25+/m0/s1. The molecule has 3 rings (SSSR count). The summed E-state index contributed by atoms with van der Waals surface area (Å²) in [5.41, 5.74) is 1.80. The van der Waals surface area contributed by atoms with E-state index in [9.17, 15) is 23.9 Å². The summed E-state index contributed by atoms with van der Waals surface area (Å²) in [5.74, 6) is -2.12. The molecule has 0 radical (unpaired) electrons. The van der Waals surface area contributed by atoms with E-state index < -0.39 is 5.92 Å². The molecule has 2 amide bonds. The van der Waals surface area contributed by atoms with Crippen LogP contribution in [-0.2, 0) is 32.1 Å². The second-order valence-electron chi connectivity index (χ2n) is 9.20. The second-order valence-corrected chi connectivity index (χ2v) is 9.20. The number of esters is 1. The van der Waals surface area contributed by atoms with Crippen LogP contribution in [0.15, 0.2) is 66.7 Å². The molecule has 0 fully saturated rings. The van der Waals surface area contributed by atoms with E-state index in [1.807, 2.05) is 42.5 Å². The maximum Gasteiger partial charge on any atom is 0.309 e. The van der Waals surface area contributed by atoms with Crippen molar-refractivity contribution in [3.63, 3.8) is 0 Å². The van der Waals surface area contributed by atoms with Gasteiger partial charge >= 0.3 is 5.97 Å². The van der Waals surface area contributed by atoms with Crippen LogP contribution in [0.5, 0.6) is 0 Å². The van der Waals surface area contributed by atoms with Crippen molar-refractivity contribution in [1.82, 2.24) is 10.2 Å². The number of aliphatic hydroxyl groups is 1. The van der Waals surface area contributed by atoms with E-state index in [1.165, 1.54) is 12.1 Å². The fourth-order valence-corrected chi connectivity index (χ4v) is 4.31. The highest BCUT2D eigenvalue weighted by molar-refractivity contribution is 5.86. The number of aliphatic hydroxyl groups excluding tert-OH is 1. The van der Waals surface area contributed by atoms with Crippen molar-refractivity contribution in [1.29, 1.82) is 0 Å². The van der Waals surface area contributed by atoms with Gasteiger partial charge in [-0.15, -0.1) is 0 Å². The van der Waals surface area contributed by atoms with Crippen LogP contribution in [0, 0.1) is 17.7 Å². The molecule has 2 aromatic rings. The van der Waals surface area contributed by atoms with Crippen LogP contribution in [0.4, 0.5) is 4.39 Å². The van der Waals surface area contributed by atoms with Crippen LogP contribution in [0.2, 0.25) is 0 Å². The molecular weight excluding hydrogens is 475 g/mol. The summed E-state index contributed by atoms with van der Waals surface area (Å²) >= 11 is 0. The number of amides is 2. The van der Waals surface area contributed by atoms with E-state index in [0.717, 1.165) is 11.1 Å². The molecule has 2 N–H and O–H groups in total. The van der Waals surface area contributed by atoms with Crippen molar-refractivity contribution in [2.45, 2.75) is 38.6 Å². The first kappa shape index (κ1) is 28.1. The number of carbonyl (C=O) groups is 3. The van der Waals surface area contributed by atoms with Gasteiger partial charge in [0.2, 0.25) is 11.8 Å². The molecule has 0 unspecified atom stereocenters. The zero-order chi connectivity index (χ0) is 26.5. The fraction of sp³-hybridized carbons (Fsp3) is 0.414. The first-order chi connectivity index (χ1) is 18.0. The number of allylic oxidation sites excluding steroid dienone is 2. The highest BCUT2D eigenvalue weighted by Gasteiger charge is 2.25. The molecule has 37 heavy (non-hydrogen) atoms. The summed E-state index contributed by atoms with van der Waals surface area (Å²) in [6.07, 6.45) is 5.79. The molecule has 0 spiro atoms. The molecule has 0 aliphatic carbocycles. The molecular formula is C29H35FN2O5. The van der Waals surface area contributed by atoms with Crippen molar-refractivity contribution >= 4 is 17.8 Å². The lowest BCUT2D eigenvalue weighted by atomic mass is 9.94. The van der Waals surface area contributed by atoms with Crippen LogP contribution in [0.25, 0.3) is 0 Å². The summed E-state index contributed by atoms with van der Waals surface area (Å²) < 4.78 is 18.6. The molecule has 2 aromatic carbocycles. The first-order valence-electron chi connectivity index (χ1n) is 12.7. The Bertz CT molecular complexity index is 1040. The Kier molecular flexibility index (Phi) is 11.3. The maximum atomic E-state index is 13.2. The van der Waals surface area contributed by atoms with Gasteiger partial charge in [0.05, 0.1) is 25.0 Å². The van der Waals surface area contributed by atoms with Gasteiger partial charge in [-0.2, -0.15) is 0 Å². The third kappa shape index (κ3) is 9.46. The number of nitrogens with one attached hydrogen (secondary N) is 1. The minimum atomic E-state index is -0.577. The number of ether oxygens (including phenoxy) is 1. The third-order valence-electron chi connectivity index (χ3n) is 6.37. The van der Waals surface area contributed by atoms with E-state index in [1.54, 1.807) is 17.0 Å². The Balaban J connectivity index is 1.63. The number of nitrogens with zero attached hydrogens (tertiary/aromatic N) is 1. The van der Waals surface area contributed by atoms with E-state index in [2.05, 4.69) is 5.32 Å². The van der Waals surface area contributed by atoms with E-state index >= 15 is 0 Å². The Hall–Kier alpha value is -3.52. The van der Waals surface area contributed by atoms with Gasteiger partial charge in [-0.05, 0) is 48.9 Å². The van der Waals surface area contributed by atoms with Crippen LogP contribution in [0.3, 0.4) is 0 Å². The molecule has 198 valence electrons. The highest BCUT2D eigenvalue weighted by Crippen LogP contribution is 2.19. The molecule has 1 aliphatic heterocycles. The molecule has 7 nitrogen and oxygen atoms in total. The minimum absolute atomic E-state index is 0.00991. The predicted octanol–water partition coefficient (Wildman–Crippen LogP) is 3.41. The van der Waals surface area contributed by atoms with Gasteiger partial charge in [0.25, 0.3) is 0 Å². The van der Waals surface area contributed by atoms with Gasteiger partial charge in [0, 0.05) is 19.5 Å². The summed E-state index contributed by atoms with van der Waals surface area (Å²) in [6.45, 7) is 0.550. The smallest absolute Gasteiger partial charge is 0.309 e. The van der Waals surface area contributed by atoms with Gasteiger partial charge in [-0.25, -0.2) is 4.39 Å². The highest BCUT2D eigenvalue weighted by atomic mass is 19.1. The van der Waals surface area contributed by atoms with Crippen LogP contribution >= 0.6 is 0 Å². The van der Waals surface area contributed by atoms with E-state index in [-0.39, 0.29) is 62.2 Å². The number of benzene rings is 2. The Morgan fingerprint density at radius 2 is 1.78 bits per heavy atom. The average molecular weight is 511 g/mol. The van der Waals surface area contributed by atoms with E-state index in [4.69, 9.17) is 4.74 Å². The van der Waals surface area contributed by atoms with Gasteiger partial charge in [0.15, 0.2) is 0 Å². The van der Waals surface area contributed by atoms with Crippen LogP contribution in [-0.4, -0.2) is 54.1 Å². The van der Waals surface area contributed by atoms with Crippen molar-refractivity contribution in [3.05, 3.63) is 83.7 Å². The molecule has 1 aliphatic rings. The lowest BCUT2D eigenvalue weighted by molar-refractivity contribution is -0.149. The summed E-state index contributed by atoms with van der Waals surface area (Å²) in [6, 6.07) is 15.6. The van der Waals surface area contributed by atoms with Gasteiger partial charge in [0.1, 0.15) is 12.4 Å². The monoisotopic (exact) mass is 510 g/mol. The Morgan fingerprint density at radius 3 is 2.51 bits per heavy atom. The molecule has 0 saturated carbocycles. The van der Waals surface area contributed by atoms with Gasteiger partial charge in [-0.3, -0.25) is 14.4 Å². The molecule has 0 bridgehead atoms. The Labute approximate surface area is 217 Å². The predicted molar refractivity (Wildman–Crippen MR) is 138 cm³/mol.